The average Bonchev–Trinajstić information content (AvgIpc) is 3.13. The van der Waals surface area contributed by atoms with Crippen LogP contribution in [-0.2, 0) is 11.2 Å². The molecule has 1 aliphatic carbocycles. The van der Waals surface area contributed by atoms with Crippen LogP contribution in [-0.4, -0.2) is 28.4 Å². The zero-order chi connectivity index (χ0) is 19.1. The number of benzene rings is 2. The molecule has 3 nitrogen and oxygen atoms in total. The van der Waals surface area contributed by atoms with E-state index < -0.39 is 0 Å². The smallest absolute Gasteiger partial charge is 0.227 e. The van der Waals surface area contributed by atoms with Gasteiger partial charge in [0, 0.05) is 17.4 Å². The summed E-state index contributed by atoms with van der Waals surface area (Å²) >= 11 is 0. The van der Waals surface area contributed by atoms with E-state index in [1.54, 1.807) is 0 Å². The van der Waals surface area contributed by atoms with E-state index in [2.05, 4.69) is 59.3 Å². The molecule has 1 N–H and O–H groups in total. The zero-order valence-corrected chi connectivity index (χ0v) is 16.3. The van der Waals surface area contributed by atoms with Crippen LogP contribution in [0.3, 0.4) is 0 Å². The zero-order valence-electron chi connectivity index (χ0n) is 16.3. The minimum atomic E-state index is 0.249. The second kappa shape index (κ2) is 6.97. The van der Waals surface area contributed by atoms with E-state index in [4.69, 9.17) is 0 Å². The SMILES string of the molecule is CCC1CC2C=CC1N(C(=O)Cc1c(-c3ccccc3)[nH]c3ccccc13)C2. The van der Waals surface area contributed by atoms with E-state index in [-0.39, 0.29) is 11.9 Å². The molecule has 3 aliphatic rings. The fourth-order valence-corrected chi connectivity index (χ4v) is 5.07. The Labute approximate surface area is 166 Å². The number of aromatic amines is 1. The first-order chi connectivity index (χ1) is 13.7. The number of aromatic nitrogens is 1. The van der Waals surface area contributed by atoms with Crippen molar-refractivity contribution in [3.63, 3.8) is 0 Å². The number of nitrogens with zero attached hydrogens (tertiary/aromatic N) is 1. The summed E-state index contributed by atoms with van der Waals surface area (Å²) in [6.07, 6.45) is 7.40. The largest absolute Gasteiger partial charge is 0.354 e. The minimum absolute atomic E-state index is 0.249. The standard InChI is InChI=1S/C25H26N2O/c1-2-18-14-17-12-13-23(18)27(16-17)24(28)15-21-20-10-6-7-11-22(20)26-25(21)19-8-4-3-5-9-19/h3-13,17-18,23,26H,2,14-16H2,1H3. The number of hydrogen-bond acceptors (Lipinski definition) is 1. The van der Waals surface area contributed by atoms with E-state index in [9.17, 15) is 4.79 Å². The number of fused-ring (bicyclic) bond motifs is 3. The number of H-pyrrole nitrogens is 1. The van der Waals surface area contributed by atoms with Crippen molar-refractivity contribution in [3.05, 3.63) is 72.3 Å². The molecular formula is C25H26N2O. The highest BCUT2D eigenvalue weighted by Gasteiger charge is 2.38. The van der Waals surface area contributed by atoms with Gasteiger partial charge in [-0.05, 0) is 35.4 Å². The monoisotopic (exact) mass is 370 g/mol. The predicted octanol–water partition coefficient (Wildman–Crippen LogP) is 5.19. The van der Waals surface area contributed by atoms with Crippen LogP contribution in [0.2, 0.25) is 0 Å². The number of carbonyl (C=O) groups is 1. The third kappa shape index (κ3) is 2.86. The fraction of sp³-hybridized carbons (Fsp3) is 0.320. The van der Waals surface area contributed by atoms with Crippen LogP contribution < -0.4 is 0 Å². The topological polar surface area (TPSA) is 36.1 Å². The van der Waals surface area contributed by atoms with Gasteiger partial charge in [-0.2, -0.15) is 0 Å². The molecule has 1 amide bonds. The Morgan fingerprint density at radius 1 is 1.07 bits per heavy atom. The summed E-state index contributed by atoms with van der Waals surface area (Å²) in [6.45, 7) is 3.12. The normalized spacial score (nSPS) is 23.5. The molecule has 3 heterocycles. The average molecular weight is 370 g/mol. The van der Waals surface area contributed by atoms with E-state index in [0.29, 0.717) is 18.3 Å². The highest BCUT2D eigenvalue weighted by atomic mass is 16.2. The lowest BCUT2D eigenvalue weighted by Gasteiger charge is -2.46. The van der Waals surface area contributed by atoms with Crippen molar-refractivity contribution in [3.8, 4) is 11.3 Å². The lowest BCUT2D eigenvalue weighted by molar-refractivity contribution is -0.135. The predicted molar refractivity (Wildman–Crippen MR) is 114 cm³/mol. The van der Waals surface area contributed by atoms with Gasteiger partial charge in [0.2, 0.25) is 5.91 Å². The first-order valence-corrected chi connectivity index (χ1v) is 10.4. The highest BCUT2D eigenvalue weighted by Crippen LogP contribution is 2.37. The van der Waals surface area contributed by atoms with Crippen molar-refractivity contribution in [1.82, 2.24) is 9.88 Å². The maximum atomic E-state index is 13.4. The maximum Gasteiger partial charge on any atom is 0.227 e. The van der Waals surface area contributed by atoms with Gasteiger partial charge in [0.1, 0.15) is 0 Å². The van der Waals surface area contributed by atoms with Crippen LogP contribution in [0.4, 0.5) is 0 Å². The van der Waals surface area contributed by atoms with Gasteiger partial charge in [-0.15, -0.1) is 0 Å². The number of nitrogens with one attached hydrogen (secondary N) is 1. The molecule has 3 heteroatoms. The van der Waals surface area contributed by atoms with Gasteiger partial charge in [0.15, 0.2) is 0 Å². The van der Waals surface area contributed by atoms with Crippen LogP contribution >= 0.6 is 0 Å². The molecule has 0 spiro atoms. The van der Waals surface area contributed by atoms with Crippen LogP contribution in [0.15, 0.2) is 66.7 Å². The van der Waals surface area contributed by atoms with Gasteiger partial charge in [-0.25, -0.2) is 0 Å². The summed E-state index contributed by atoms with van der Waals surface area (Å²) in [7, 11) is 0. The molecular weight excluding hydrogens is 344 g/mol. The van der Waals surface area contributed by atoms with Gasteiger partial charge in [0.05, 0.1) is 18.2 Å². The van der Waals surface area contributed by atoms with Crippen molar-refractivity contribution in [2.24, 2.45) is 11.8 Å². The molecule has 1 saturated heterocycles. The molecule has 3 atom stereocenters. The third-order valence-electron chi connectivity index (χ3n) is 6.51. The van der Waals surface area contributed by atoms with Crippen molar-refractivity contribution in [2.75, 3.05) is 6.54 Å². The highest BCUT2D eigenvalue weighted by molar-refractivity contribution is 5.95. The number of carbonyl (C=O) groups excluding carboxylic acids is 1. The van der Waals surface area contributed by atoms with Crippen molar-refractivity contribution < 1.29 is 4.79 Å². The van der Waals surface area contributed by atoms with Crippen LogP contribution in [0.5, 0.6) is 0 Å². The van der Waals surface area contributed by atoms with Crippen LogP contribution in [0.1, 0.15) is 25.3 Å². The van der Waals surface area contributed by atoms with E-state index in [1.807, 2.05) is 24.3 Å². The van der Waals surface area contributed by atoms with Gasteiger partial charge in [-0.3, -0.25) is 4.79 Å². The minimum Gasteiger partial charge on any atom is -0.354 e. The molecule has 1 aromatic heterocycles. The van der Waals surface area contributed by atoms with Crippen LogP contribution in [0, 0.1) is 11.8 Å². The number of para-hydroxylation sites is 1. The second-order valence-corrected chi connectivity index (χ2v) is 8.15. The van der Waals surface area contributed by atoms with Crippen molar-refractivity contribution in [2.45, 2.75) is 32.2 Å². The molecule has 3 aromatic rings. The Hall–Kier alpha value is -2.81. The molecule has 1 fully saturated rings. The summed E-state index contributed by atoms with van der Waals surface area (Å²) in [5.74, 6) is 1.37. The molecule has 2 aliphatic heterocycles. The van der Waals surface area contributed by atoms with E-state index >= 15 is 0 Å². The molecule has 0 saturated carbocycles. The fourth-order valence-electron chi connectivity index (χ4n) is 5.07. The van der Waals surface area contributed by atoms with Crippen LogP contribution in [0.25, 0.3) is 22.2 Å². The first-order valence-electron chi connectivity index (χ1n) is 10.4. The third-order valence-corrected chi connectivity index (χ3v) is 6.51. The molecule has 142 valence electrons. The Morgan fingerprint density at radius 3 is 2.64 bits per heavy atom. The van der Waals surface area contributed by atoms with Crippen molar-refractivity contribution in [1.29, 1.82) is 0 Å². The molecule has 6 rings (SSSR count). The van der Waals surface area contributed by atoms with Gasteiger partial charge < -0.3 is 9.88 Å². The van der Waals surface area contributed by atoms with E-state index in [0.717, 1.165) is 40.7 Å². The lowest BCUT2D eigenvalue weighted by atomic mass is 9.76. The summed E-state index contributed by atoms with van der Waals surface area (Å²) < 4.78 is 0. The molecule has 2 aromatic carbocycles. The molecule has 28 heavy (non-hydrogen) atoms. The molecule has 3 unspecified atom stereocenters. The Balaban J connectivity index is 1.51. The van der Waals surface area contributed by atoms with Gasteiger partial charge in [-0.1, -0.05) is 74.0 Å². The van der Waals surface area contributed by atoms with Gasteiger partial charge >= 0.3 is 0 Å². The Morgan fingerprint density at radius 2 is 1.86 bits per heavy atom. The van der Waals surface area contributed by atoms with Gasteiger partial charge in [0.25, 0.3) is 0 Å². The van der Waals surface area contributed by atoms with Crippen molar-refractivity contribution >= 4 is 16.8 Å². The number of piperidine rings is 1. The quantitative estimate of drug-likeness (QED) is 0.630. The Bertz CT molecular complexity index is 1030. The second-order valence-electron chi connectivity index (χ2n) is 8.15. The summed E-state index contributed by atoms with van der Waals surface area (Å²) in [5, 5.41) is 1.15. The summed E-state index contributed by atoms with van der Waals surface area (Å²) in [6, 6.07) is 18.9. The first kappa shape index (κ1) is 17.3. The van der Waals surface area contributed by atoms with E-state index in [1.165, 1.54) is 6.42 Å². The molecule has 2 bridgehead atoms. The number of rotatable bonds is 4. The maximum absolute atomic E-state index is 13.4. The molecule has 0 radical (unpaired) electrons. The lowest BCUT2D eigenvalue weighted by Crippen LogP contribution is -2.53. The number of amides is 1. The Kier molecular flexibility index (Phi) is 4.31. The summed E-state index contributed by atoms with van der Waals surface area (Å²) in [5.41, 5.74) is 4.41. The number of hydrogen-bond donors (Lipinski definition) is 1. The summed E-state index contributed by atoms with van der Waals surface area (Å²) in [4.78, 5) is 19.1.